The first-order chi connectivity index (χ1) is 8.17. The number of nitrogens with zero attached hydrogens (tertiary/aromatic N) is 1. The van der Waals surface area contributed by atoms with Crippen molar-refractivity contribution >= 4 is 16.0 Å². The van der Waals surface area contributed by atoms with Gasteiger partial charge in [-0.05, 0) is 6.92 Å². The summed E-state index contributed by atoms with van der Waals surface area (Å²) < 4.78 is 24.4. The Balaban J connectivity index is 3.34. The summed E-state index contributed by atoms with van der Waals surface area (Å²) in [6.45, 7) is 1.15. The molecule has 1 aromatic heterocycles. The molecule has 100 valence electrons. The number of rotatable bonds is 4. The van der Waals surface area contributed by atoms with Crippen LogP contribution >= 0.6 is 0 Å². The predicted octanol–water partition coefficient (Wildman–Crippen LogP) is -1.84. The number of hydrogen-bond donors (Lipinski definition) is 3. The van der Waals surface area contributed by atoms with Gasteiger partial charge < -0.3 is 10.1 Å². The molecule has 0 aliphatic carbocycles. The van der Waals surface area contributed by atoms with Crippen molar-refractivity contribution in [1.29, 1.82) is 0 Å². The van der Waals surface area contributed by atoms with Crippen molar-refractivity contribution in [1.82, 2.24) is 14.3 Å². The molecule has 0 saturated heterocycles. The average molecular weight is 277 g/mol. The van der Waals surface area contributed by atoms with Crippen molar-refractivity contribution in [3.05, 3.63) is 27.0 Å². The van der Waals surface area contributed by atoms with E-state index in [1.54, 1.807) is 4.98 Å². The maximum absolute atomic E-state index is 11.9. The third kappa shape index (κ3) is 2.49. The number of aliphatic carboxylic acids is 1. The summed E-state index contributed by atoms with van der Waals surface area (Å²) in [5.41, 5.74) is -1.96. The van der Waals surface area contributed by atoms with E-state index in [0.717, 1.165) is 20.2 Å². The van der Waals surface area contributed by atoms with Gasteiger partial charge in [0, 0.05) is 13.2 Å². The van der Waals surface area contributed by atoms with Gasteiger partial charge in [-0.3, -0.25) is 14.6 Å². The van der Waals surface area contributed by atoms with Gasteiger partial charge in [0.25, 0.3) is 15.6 Å². The molecular formula is C8H11N3O6S. The Hall–Kier alpha value is -1.94. The Morgan fingerprint density at radius 1 is 1.44 bits per heavy atom. The van der Waals surface area contributed by atoms with Crippen LogP contribution in [0.4, 0.5) is 0 Å². The van der Waals surface area contributed by atoms with E-state index in [9.17, 15) is 22.8 Å². The second-order valence-corrected chi connectivity index (χ2v) is 5.44. The number of sulfonamides is 1. The summed E-state index contributed by atoms with van der Waals surface area (Å²) in [4.78, 5) is 35.9. The Bertz CT molecular complexity index is 673. The molecule has 1 unspecified atom stereocenters. The zero-order valence-corrected chi connectivity index (χ0v) is 10.3. The van der Waals surface area contributed by atoms with Crippen LogP contribution in [-0.2, 0) is 14.8 Å². The second-order valence-electron chi connectivity index (χ2n) is 3.47. The number of nitrogens with one attached hydrogen (secondary N) is 2. The summed E-state index contributed by atoms with van der Waals surface area (Å²) in [6.07, 6.45) is 0.724. The van der Waals surface area contributed by atoms with Gasteiger partial charge >= 0.3 is 11.7 Å². The lowest BCUT2D eigenvalue weighted by atomic mass is 10.4. The van der Waals surface area contributed by atoms with E-state index in [0.29, 0.717) is 4.31 Å². The van der Waals surface area contributed by atoms with Crippen LogP contribution in [0.15, 0.2) is 20.7 Å². The number of carbonyl (C=O) groups is 1. The largest absolute Gasteiger partial charge is 0.480 e. The van der Waals surface area contributed by atoms with E-state index >= 15 is 0 Å². The van der Waals surface area contributed by atoms with Crippen LogP contribution in [-0.4, -0.2) is 46.9 Å². The highest BCUT2D eigenvalue weighted by Gasteiger charge is 2.31. The monoisotopic (exact) mass is 277 g/mol. The van der Waals surface area contributed by atoms with Crippen molar-refractivity contribution in [2.24, 2.45) is 0 Å². The van der Waals surface area contributed by atoms with Gasteiger partial charge in [-0.25, -0.2) is 13.2 Å². The molecule has 0 fully saturated rings. The van der Waals surface area contributed by atoms with Crippen molar-refractivity contribution in [3.63, 3.8) is 0 Å². The third-order valence-electron chi connectivity index (χ3n) is 2.35. The standard InChI is InChI=1S/C8H11N3O6S/c1-4(7(13)14)11(2)18(16,17)5-3-9-8(15)10-6(5)12/h3-4H,1-2H3,(H,13,14)(H2,9,10,12,15). The molecule has 0 radical (unpaired) electrons. The van der Waals surface area contributed by atoms with Crippen LogP contribution in [0, 0.1) is 0 Å². The molecule has 10 heteroatoms. The molecule has 1 rings (SSSR count). The molecule has 18 heavy (non-hydrogen) atoms. The lowest BCUT2D eigenvalue weighted by Crippen LogP contribution is -2.42. The molecule has 9 nitrogen and oxygen atoms in total. The summed E-state index contributed by atoms with van der Waals surface area (Å²) in [5, 5.41) is 8.73. The molecular weight excluding hydrogens is 266 g/mol. The van der Waals surface area contributed by atoms with E-state index in [1.807, 2.05) is 4.98 Å². The number of H-pyrrole nitrogens is 2. The van der Waals surface area contributed by atoms with Crippen LogP contribution in [0.3, 0.4) is 0 Å². The molecule has 0 aliphatic rings. The Morgan fingerprint density at radius 3 is 2.44 bits per heavy atom. The minimum atomic E-state index is -4.29. The minimum absolute atomic E-state index is 0.526. The maximum Gasteiger partial charge on any atom is 0.325 e. The molecule has 0 saturated carbocycles. The summed E-state index contributed by atoms with van der Waals surface area (Å²) in [6, 6.07) is -1.35. The van der Waals surface area contributed by atoms with Crippen molar-refractivity contribution in [2.75, 3.05) is 7.05 Å². The topological polar surface area (TPSA) is 140 Å². The molecule has 0 amide bonds. The Morgan fingerprint density at radius 2 is 2.00 bits per heavy atom. The van der Waals surface area contributed by atoms with Gasteiger partial charge in [-0.15, -0.1) is 0 Å². The fourth-order valence-electron chi connectivity index (χ4n) is 1.11. The van der Waals surface area contributed by atoms with Gasteiger partial charge in [-0.1, -0.05) is 0 Å². The molecule has 0 aliphatic heterocycles. The van der Waals surface area contributed by atoms with Crippen LogP contribution in [0.25, 0.3) is 0 Å². The second kappa shape index (κ2) is 4.74. The fourth-order valence-corrected chi connectivity index (χ4v) is 2.42. The first kappa shape index (κ1) is 14.1. The number of carboxylic acids is 1. The number of aromatic amines is 2. The normalized spacial score (nSPS) is 13.5. The summed E-state index contributed by atoms with van der Waals surface area (Å²) in [7, 11) is -3.27. The number of carboxylic acid groups (broad SMARTS) is 1. The molecule has 1 atom stereocenters. The van der Waals surface area contributed by atoms with E-state index in [4.69, 9.17) is 5.11 Å². The maximum atomic E-state index is 11.9. The molecule has 0 spiro atoms. The smallest absolute Gasteiger partial charge is 0.325 e. The van der Waals surface area contributed by atoms with Gasteiger partial charge in [-0.2, -0.15) is 4.31 Å². The van der Waals surface area contributed by atoms with Gasteiger partial charge in [0.2, 0.25) is 0 Å². The van der Waals surface area contributed by atoms with Crippen molar-refractivity contribution in [3.8, 4) is 0 Å². The van der Waals surface area contributed by atoms with Crippen LogP contribution in [0.2, 0.25) is 0 Å². The first-order valence-electron chi connectivity index (χ1n) is 4.70. The predicted molar refractivity (Wildman–Crippen MR) is 59.7 cm³/mol. The highest BCUT2D eigenvalue weighted by Crippen LogP contribution is 2.11. The molecule has 3 N–H and O–H groups in total. The highest BCUT2D eigenvalue weighted by atomic mass is 32.2. The van der Waals surface area contributed by atoms with E-state index in [-0.39, 0.29) is 0 Å². The third-order valence-corrected chi connectivity index (χ3v) is 4.28. The SMILES string of the molecule is CC(C(=O)O)N(C)S(=O)(=O)c1c[nH]c(=O)[nH]c1=O. The average Bonchev–Trinajstić information content (AvgIpc) is 2.26. The highest BCUT2D eigenvalue weighted by molar-refractivity contribution is 7.89. The minimum Gasteiger partial charge on any atom is -0.480 e. The van der Waals surface area contributed by atoms with Crippen LogP contribution in [0.1, 0.15) is 6.92 Å². The van der Waals surface area contributed by atoms with Gasteiger partial charge in [0.1, 0.15) is 6.04 Å². The zero-order valence-electron chi connectivity index (χ0n) is 9.50. The number of likely N-dealkylation sites (N-methyl/N-ethyl adjacent to an activating group) is 1. The van der Waals surface area contributed by atoms with Crippen molar-refractivity contribution < 1.29 is 18.3 Å². The number of hydrogen-bond acceptors (Lipinski definition) is 5. The van der Waals surface area contributed by atoms with Gasteiger partial charge in [0.15, 0.2) is 4.90 Å². The lowest BCUT2D eigenvalue weighted by molar-refractivity contribution is -0.140. The first-order valence-corrected chi connectivity index (χ1v) is 6.14. The van der Waals surface area contributed by atoms with E-state index in [2.05, 4.69) is 0 Å². The van der Waals surface area contributed by atoms with E-state index < -0.39 is 38.2 Å². The molecule has 0 bridgehead atoms. The lowest BCUT2D eigenvalue weighted by Gasteiger charge is -2.20. The summed E-state index contributed by atoms with van der Waals surface area (Å²) >= 11 is 0. The van der Waals surface area contributed by atoms with Crippen LogP contribution in [0.5, 0.6) is 0 Å². The molecule has 1 heterocycles. The number of aromatic nitrogens is 2. The summed E-state index contributed by atoms with van der Waals surface area (Å²) in [5.74, 6) is -1.36. The Kier molecular flexibility index (Phi) is 3.72. The Labute approximate surface area is 101 Å². The van der Waals surface area contributed by atoms with Gasteiger partial charge in [0.05, 0.1) is 0 Å². The molecule has 1 aromatic rings. The van der Waals surface area contributed by atoms with E-state index in [1.165, 1.54) is 0 Å². The van der Waals surface area contributed by atoms with Crippen molar-refractivity contribution in [2.45, 2.75) is 17.9 Å². The zero-order chi connectivity index (χ0) is 14.1. The quantitative estimate of drug-likeness (QED) is 0.590. The van der Waals surface area contributed by atoms with Crippen LogP contribution < -0.4 is 11.2 Å². The fraction of sp³-hybridized carbons (Fsp3) is 0.375. The molecule has 0 aromatic carbocycles.